The third-order valence-corrected chi connectivity index (χ3v) is 3.64. The number of benzene rings is 1. The van der Waals surface area contributed by atoms with Crippen molar-refractivity contribution >= 4 is 40.5 Å². The van der Waals surface area contributed by atoms with Crippen LogP contribution in [0, 0.1) is 6.92 Å². The summed E-state index contributed by atoms with van der Waals surface area (Å²) in [6, 6.07) is 9.11. The predicted octanol–water partition coefficient (Wildman–Crippen LogP) is 5.52. The molecule has 100 valence electrons. The van der Waals surface area contributed by atoms with E-state index in [1.807, 2.05) is 26.0 Å². The number of aromatic nitrogens is 1. The molecule has 1 atom stereocenters. The van der Waals surface area contributed by atoms with Crippen molar-refractivity contribution in [1.82, 2.24) is 4.98 Å². The molecule has 1 aromatic heterocycles. The fourth-order valence-corrected chi connectivity index (χ4v) is 2.49. The molecule has 5 heteroatoms. The molecule has 0 amide bonds. The summed E-state index contributed by atoms with van der Waals surface area (Å²) in [5, 5.41) is 5.19. The van der Waals surface area contributed by atoms with Crippen LogP contribution >= 0.6 is 34.8 Å². The highest BCUT2D eigenvalue weighted by atomic mass is 35.5. The first-order chi connectivity index (χ1) is 8.97. The second-order valence-corrected chi connectivity index (χ2v) is 5.53. The quantitative estimate of drug-likeness (QED) is 0.754. The number of anilines is 1. The van der Waals surface area contributed by atoms with Gasteiger partial charge in [-0.15, -0.1) is 0 Å². The molecule has 2 nitrogen and oxygen atoms in total. The maximum atomic E-state index is 6.19. The van der Waals surface area contributed by atoms with Gasteiger partial charge in [0, 0.05) is 10.0 Å². The van der Waals surface area contributed by atoms with E-state index in [2.05, 4.69) is 10.3 Å². The average molecular weight is 316 g/mol. The predicted molar refractivity (Wildman–Crippen MR) is 82.5 cm³/mol. The van der Waals surface area contributed by atoms with Crippen molar-refractivity contribution in [3.8, 4) is 0 Å². The minimum Gasteiger partial charge on any atom is -0.377 e. The molecule has 19 heavy (non-hydrogen) atoms. The Morgan fingerprint density at radius 1 is 1.11 bits per heavy atom. The third kappa shape index (κ3) is 3.53. The molecule has 0 spiro atoms. The molecule has 1 aromatic carbocycles. The molecule has 1 N–H and O–H groups in total. The Hall–Kier alpha value is -0.960. The van der Waals surface area contributed by atoms with Gasteiger partial charge in [0.1, 0.15) is 5.15 Å². The number of aryl methyl sites for hydroxylation is 1. The maximum Gasteiger partial charge on any atom is 0.129 e. The van der Waals surface area contributed by atoms with Crippen molar-refractivity contribution in [2.24, 2.45) is 0 Å². The fourth-order valence-electron chi connectivity index (χ4n) is 1.84. The molecule has 0 aliphatic heterocycles. The fraction of sp³-hybridized carbons (Fsp3) is 0.214. The lowest BCUT2D eigenvalue weighted by Crippen LogP contribution is -2.09. The molecule has 2 aromatic rings. The Morgan fingerprint density at radius 2 is 1.84 bits per heavy atom. The zero-order valence-electron chi connectivity index (χ0n) is 10.5. The molecule has 0 bridgehead atoms. The zero-order chi connectivity index (χ0) is 14.0. The normalized spacial score (nSPS) is 12.3. The van der Waals surface area contributed by atoms with Crippen LogP contribution in [0.2, 0.25) is 15.2 Å². The number of pyridine rings is 1. The van der Waals surface area contributed by atoms with E-state index in [0.717, 1.165) is 16.9 Å². The summed E-state index contributed by atoms with van der Waals surface area (Å²) < 4.78 is 0. The van der Waals surface area contributed by atoms with Crippen LogP contribution in [0.25, 0.3) is 0 Å². The number of halogens is 3. The summed E-state index contributed by atoms with van der Waals surface area (Å²) in [5.74, 6) is 0. The van der Waals surface area contributed by atoms with Gasteiger partial charge < -0.3 is 5.32 Å². The molecule has 1 unspecified atom stereocenters. The van der Waals surface area contributed by atoms with Crippen LogP contribution in [0.3, 0.4) is 0 Å². The highest BCUT2D eigenvalue weighted by Gasteiger charge is 2.11. The first-order valence-electron chi connectivity index (χ1n) is 5.82. The Bertz CT molecular complexity index is 599. The molecule has 2 rings (SSSR count). The van der Waals surface area contributed by atoms with Gasteiger partial charge >= 0.3 is 0 Å². The van der Waals surface area contributed by atoms with Crippen molar-refractivity contribution in [1.29, 1.82) is 0 Å². The number of nitrogens with zero attached hydrogens (tertiary/aromatic N) is 1. The maximum absolute atomic E-state index is 6.19. The monoisotopic (exact) mass is 314 g/mol. The number of hydrogen-bond acceptors (Lipinski definition) is 2. The van der Waals surface area contributed by atoms with E-state index >= 15 is 0 Å². The van der Waals surface area contributed by atoms with E-state index in [1.165, 1.54) is 0 Å². The van der Waals surface area contributed by atoms with Crippen LogP contribution in [0.1, 0.15) is 24.2 Å². The summed E-state index contributed by atoms with van der Waals surface area (Å²) in [6.07, 6.45) is 0. The van der Waals surface area contributed by atoms with E-state index in [0.29, 0.717) is 15.2 Å². The first-order valence-corrected chi connectivity index (χ1v) is 6.95. The molecular formula is C14H13Cl3N2. The number of hydrogen-bond donors (Lipinski definition) is 1. The van der Waals surface area contributed by atoms with Crippen LogP contribution in [0.5, 0.6) is 0 Å². The lowest BCUT2D eigenvalue weighted by Gasteiger charge is -2.18. The molecule has 0 aliphatic rings. The lowest BCUT2D eigenvalue weighted by atomic mass is 10.1. The van der Waals surface area contributed by atoms with Crippen molar-refractivity contribution in [3.05, 3.63) is 56.8 Å². The van der Waals surface area contributed by atoms with Crippen molar-refractivity contribution in [2.75, 3.05) is 5.32 Å². The first kappa shape index (κ1) is 14.4. The standard InChI is InChI=1S/C14H13Cl3N2/c1-8(11-7-10(15)3-4-12(11)16)18-13-5-6-14(17)19-9(13)2/h3-8,18H,1-2H3. The highest BCUT2D eigenvalue weighted by Crippen LogP contribution is 2.29. The Labute approximate surface area is 127 Å². The minimum absolute atomic E-state index is 0.0212. The SMILES string of the molecule is Cc1nc(Cl)ccc1NC(C)c1cc(Cl)ccc1Cl. The summed E-state index contributed by atoms with van der Waals surface area (Å²) in [5.41, 5.74) is 2.72. The summed E-state index contributed by atoms with van der Waals surface area (Å²) in [7, 11) is 0. The average Bonchev–Trinajstić information content (AvgIpc) is 2.35. The third-order valence-electron chi connectivity index (χ3n) is 2.85. The van der Waals surface area contributed by atoms with E-state index in [9.17, 15) is 0 Å². The van der Waals surface area contributed by atoms with E-state index in [-0.39, 0.29) is 6.04 Å². The molecule has 0 saturated heterocycles. The minimum atomic E-state index is 0.0212. The van der Waals surface area contributed by atoms with Gasteiger partial charge in [-0.2, -0.15) is 0 Å². The largest absolute Gasteiger partial charge is 0.377 e. The van der Waals surface area contributed by atoms with Crippen LogP contribution in [0.15, 0.2) is 30.3 Å². The van der Waals surface area contributed by atoms with Gasteiger partial charge in [0.05, 0.1) is 17.4 Å². The molecule has 0 fully saturated rings. The van der Waals surface area contributed by atoms with Crippen LogP contribution in [0.4, 0.5) is 5.69 Å². The molecule has 0 saturated carbocycles. The smallest absolute Gasteiger partial charge is 0.129 e. The van der Waals surface area contributed by atoms with Gasteiger partial charge in [0.2, 0.25) is 0 Å². The summed E-state index contributed by atoms with van der Waals surface area (Å²) in [6.45, 7) is 3.92. The van der Waals surface area contributed by atoms with Gasteiger partial charge in [-0.05, 0) is 49.7 Å². The summed E-state index contributed by atoms with van der Waals surface area (Å²) in [4.78, 5) is 4.20. The second-order valence-electron chi connectivity index (χ2n) is 4.30. The van der Waals surface area contributed by atoms with Gasteiger partial charge in [-0.1, -0.05) is 34.8 Å². The molecule has 1 heterocycles. The number of nitrogens with one attached hydrogen (secondary N) is 1. The van der Waals surface area contributed by atoms with Crippen molar-refractivity contribution in [3.63, 3.8) is 0 Å². The van der Waals surface area contributed by atoms with E-state index in [1.54, 1.807) is 18.2 Å². The summed E-state index contributed by atoms with van der Waals surface area (Å²) >= 11 is 18.0. The topological polar surface area (TPSA) is 24.9 Å². The Morgan fingerprint density at radius 3 is 2.53 bits per heavy atom. The highest BCUT2D eigenvalue weighted by molar-refractivity contribution is 6.33. The lowest BCUT2D eigenvalue weighted by molar-refractivity contribution is 0.879. The second kappa shape index (κ2) is 6.00. The van der Waals surface area contributed by atoms with Crippen molar-refractivity contribution < 1.29 is 0 Å². The Kier molecular flexibility index (Phi) is 4.56. The number of rotatable bonds is 3. The van der Waals surface area contributed by atoms with Crippen LogP contribution in [-0.4, -0.2) is 4.98 Å². The van der Waals surface area contributed by atoms with Crippen molar-refractivity contribution in [2.45, 2.75) is 19.9 Å². The molecule has 0 aliphatic carbocycles. The van der Waals surface area contributed by atoms with E-state index < -0.39 is 0 Å². The van der Waals surface area contributed by atoms with Gasteiger partial charge in [-0.3, -0.25) is 0 Å². The van der Waals surface area contributed by atoms with E-state index in [4.69, 9.17) is 34.8 Å². The molecule has 0 radical (unpaired) electrons. The van der Waals surface area contributed by atoms with Gasteiger partial charge in [-0.25, -0.2) is 4.98 Å². The van der Waals surface area contributed by atoms with Crippen LogP contribution in [-0.2, 0) is 0 Å². The van der Waals surface area contributed by atoms with Crippen LogP contribution < -0.4 is 5.32 Å². The van der Waals surface area contributed by atoms with Gasteiger partial charge in [0.15, 0.2) is 0 Å². The molecular weight excluding hydrogens is 303 g/mol. The Balaban J connectivity index is 2.25. The van der Waals surface area contributed by atoms with Gasteiger partial charge in [0.25, 0.3) is 0 Å². The zero-order valence-corrected chi connectivity index (χ0v) is 12.8.